The molecule has 1 amide bonds. The summed E-state index contributed by atoms with van der Waals surface area (Å²) in [6, 6.07) is 0.0782. The lowest BCUT2D eigenvalue weighted by atomic mass is 9.66. The summed E-state index contributed by atoms with van der Waals surface area (Å²) in [5.74, 6) is -5.32. The van der Waals surface area contributed by atoms with Crippen molar-refractivity contribution in [1.29, 1.82) is 0 Å². The Kier molecular flexibility index (Phi) is 16.7. The number of primary amides is 1. The first-order valence-electron chi connectivity index (χ1n) is 21.7. The SMILES string of the molecule is CC[C@H]1OC(=O)[C@H](C)[C@@H](C2C[C@@](C)(OC)[C@@H](O)[C@H](C)O2)[C@H](C)[C@@H](O[C@@H]2O[C@H](C)C[C@H](N(C)C3CCC3)[C@H]2O)[C@](C)(O)C[C@@H](C)[C@H](COCC(N)=O)[C@H](C)[C@@H](O)[C@]1(C)O. The standard InChI is InChI=1S/C43H78N2O13/c1-13-32-43(10,52)36(48)24(4)29(20-54-21-33(44)46)22(2)18-41(8,51)38(58-40-35(47)30(17-23(3)55-40)45(11)28-15-14-16-28)25(5)34(26(6)39(50)57-32)31-19-42(9,53-12)37(49)27(7)56-31/h22-32,34-38,40,47-49,51-52H,13-21H2,1-12H3,(H2,44,46)/t22-,23-,24+,25+,26-,27+,29+,30+,31?,32-,34+,35-,36-,37+,38-,40+,41-,42-,43-/m1/s1. The van der Waals surface area contributed by atoms with Crippen molar-refractivity contribution in [1.82, 2.24) is 4.90 Å². The van der Waals surface area contributed by atoms with Crippen LogP contribution in [0.15, 0.2) is 0 Å². The molecule has 3 heterocycles. The van der Waals surface area contributed by atoms with Gasteiger partial charge in [-0.1, -0.05) is 41.0 Å². The van der Waals surface area contributed by atoms with Crippen molar-refractivity contribution in [3.63, 3.8) is 0 Å². The van der Waals surface area contributed by atoms with Crippen LogP contribution in [0.5, 0.6) is 0 Å². The first-order valence-corrected chi connectivity index (χ1v) is 21.7. The smallest absolute Gasteiger partial charge is 0.309 e. The van der Waals surface area contributed by atoms with E-state index < -0.39 is 113 Å². The van der Waals surface area contributed by atoms with Gasteiger partial charge in [-0.2, -0.15) is 0 Å². The normalized spacial score (nSPS) is 47.9. The van der Waals surface area contributed by atoms with E-state index in [1.54, 1.807) is 41.5 Å². The molecule has 1 unspecified atom stereocenters. The molecule has 3 saturated heterocycles. The maximum absolute atomic E-state index is 14.5. The van der Waals surface area contributed by atoms with Crippen LogP contribution in [0.2, 0.25) is 0 Å². The molecule has 3 aliphatic heterocycles. The van der Waals surface area contributed by atoms with Gasteiger partial charge in [0.1, 0.15) is 30.5 Å². The Hall–Kier alpha value is -1.50. The number of methoxy groups -OCH3 is 1. The van der Waals surface area contributed by atoms with E-state index in [1.165, 1.54) is 14.0 Å². The van der Waals surface area contributed by atoms with Gasteiger partial charge in [0.2, 0.25) is 5.91 Å². The highest BCUT2D eigenvalue weighted by molar-refractivity contribution is 5.75. The van der Waals surface area contributed by atoms with Crippen LogP contribution in [0, 0.1) is 35.5 Å². The Morgan fingerprint density at radius 2 is 1.60 bits per heavy atom. The van der Waals surface area contributed by atoms with Crippen LogP contribution in [-0.2, 0) is 38.0 Å². The Balaban J connectivity index is 1.88. The summed E-state index contributed by atoms with van der Waals surface area (Å²) in [6.07, 6.45) is -4.24. The first kappa shape index (κ1) is 49.2. The maximum atomic E-state index is 14.5. The van der Waals surface area contributed by atoms with Crippen LogP contribution in [0.1, 0.15) is 114 Å². The zero-order chi connectivity index (χ0) is 43.7. The molecule has 15 nitrogen and oxygen atoms in total. The average Bonchev–Trinajstić information content (AvgIpc) is 3.12. The van der Waals surface area contributed by atoms with Crippen LogP contribution < -0.4 is 5.73 Å². The highest BCUT2D eigenvalue weighted by Gasteiger charge is 2.56. The topological polar surface area (TPSA) is 220 Å². The highest BCUT2D eigenvalue weighted by Crippen LogP contribution is 2.46. The zero-order valence-corrected chi connectivity index (χ0v) is 37.2. The Morgan fingerprint density at radius 1 is 0.966 bits per heavy atom. The third kappa shape index (κ3) is 10.6. The summed E-state index contributed by atoms with van der Waals surface area (Å²) in [5, 5.41) is 60.1. The van der Waals surface area contributed by atoms with Crippen molar-refractivity contribution >= 4 is 11.9 Å². The van der Waals surface area contributed by atoms with Gasteiger partial charge in [0.05, 0.1) is 54.2 Å². The zero-order valence-electron chi connectivity index (χ0n) is 37.2. The molecule has 0 spiro atoms. The quantitative estimate of drug-likeness (QED) is 0.165. The number of carbonyl (C=O) groups is 2. The van der Waals surface area contributed by atoms with Gasteiger partial charge in [-0.25, -0.2) is 0 Å². The number of nitrogens with zero attached hydrogens (tertiary/aromatic N) is 1. The van der Waals surface area contributed by atoms with Crippen molar-refractivity contribution in [2.45, 2.75) is 198 Å². The fraction of sp³-hybridized carbons (Fsp3) is 0.953. The second-order valence-electron chi connectivity index (χ2n) is 19.2. The number of nitrogens with two attached hydrogens (primary N) is 1. The molecule has 0 aromatic carbocycles. The van der Waals surface area contributed by atoms with Gasteiger partial charge in [0.25, 0.3) is 0 Å². The number of cyclic esters (lactones) is 1. The number of amides is 1. The molecule has 7 N–H and O–H groups in total. The van der Waals surface area contributed by atoms with Crippen LogP contribution in [0.3, 0.4) is 0 Å². The molecule has 4 fully saturated rings. The number of ether oxygens (including phenoxy) is 6. The molecule has 338 valence electrons. The van der Waals surface area contributed by atoms with E-state index in [2.05, 4.69) is 4.90 Å². The number of aliphatic hydroxyl groups is 5. The molecule has 1 saturated carbocycles. The minimum absolute atomic E-state index is 0.0331. The summed E-state index contributed by atoms with van der Waals surface area (Å²) < 4.78 is 37.7. The summed E-state index contributed by atoms with van der Waals surface area (Å²) in [4.78, 5) is 28.5. The number of hydrogen-bond donors (Lipinski definition) is 6. The first-order chi connectivity index (χ1) is 26.9. The van der Waals surface area contributed by atoms with Crippen LogP contribution in [0.25, 0.3) is 0 Å². The molecule has 1 aliphatic carbocycles. The monoisotopic (exact) mass is 831 g/mol. The van der Waals surface area contributed by atoms with Crippen molar-refractivity contribution in [3.8, 4) is 0 Å². The second kappa shape index (κ2) is 19.7. The molecule has 0 aromatic rings. The van der Waals surface area contributed by atoms with Crippen molar-refractivity contribution in [2.75, 3.05) is 27.4 Å². The van der Waals surface area contributed by atoms with E-state index in [0.29, 0.717) is 12.5 Å². The number of rotatable bonds is 11. The van der Waals surface area contributed by atoms with Gasteiger partial charge in [-0.15, -0.1) is 0 Å². The van der Waals surface area contributed by atoms with Gasteiger partial charge in [0, 0.05) is 31.5 Å². The summed E-state index contributed by atoms with van der Waals surface area (Å²) in [6.45, 7) is 17.2. The summed E-state index contributed by atoms with van der Waals surface area (Å²) in [7, 11) is 3.55. The third-order valence-electron chi connectivity index (χ3n) is 14.8. The van der Waals surface area contributed by atoms with Crippen LogP contribution in [0.4, 0.5) is 0 Å². The van der Waals surface area contributed by atoms with Crippen LogP contribution in [-0.4, -0.2) is 154 Å². The Bertz CT molecular complexity index is 1350. The fourth-order valence-corrected chi connectivity index (χ4v) is 10.8. The fourth-order valence-electron chi connectivity index (χ4n) is 10.8. The number of esters is 1. The molecule has 4 rings (SSSR count). The minimum atomic E-state index is -1.91. The molecule has 19 atom stereocenters. The van der Waals surface area contributed by atoms with Crippen molar-refractivity contribution < 1.29 is 63.5 Å². The summed E-state index contributed by atoms with van der Waals surface area (Å²) >= 11 is 0. The van der Waals surface area contributed by atoms with Gasteiger partial charge < -0.3 is 59.7 Å². The van der Waals surface area contributed by atoms with E-state index >= 15 is 0 Å². The second-order valence-corrected chi connectivity index (χ2v) is 19.2. The Morgan fingerprint density at radius 3 is 2.16 bits per heavy atom. The van der Waals surface area contributed by atoms with Gasteiger partial charge in [-0.05, 0) is 97.4 Å². The molecule has 15 heteroatoms. The highest BCUT2D eigenvalue weighted by atomic mass is 16.7. The minimum Gasteiger partial charge on any atom is -0.459 e. The molecule has 0 aromatic heterocycles. The number of hydrogen-bond acceptors (Lipinski definition) is 14. The molecule has 4 aliphatic rings. The average molecular weight is 831 g/mol. The third-order valence-corrected chi connectivity index (χ3v) is 14.8. The lowest BCUT2D eigenvalue weighted by Gasteiger charge is -2.52. The molecule has 58 heavy (non-hydrogen) atoms. The molecule has 0 bridgehead atoms. The van der Waals surface area contributed by atoms with Crippen molar-refractivity contribution in [2.24, 2.45) is 41.2 Å². The van der Waals surface area contributed by atoms with Gasteiger partial charge in [-0.3, -0.25) is 14.5 Å². The predicted molar refractivity (Wildman–Crippen MR) is 215 cm³/mol. The lowest BCUT2D eigenvalue weighted by molar-refractivity contribution is -0.305. The molecule has 0 radical (unpaired) electrons. The predicted octanol–water partition coefficient (Wildman–Crippen LogP) is 2.53. The summed E-state index contributed by atoms with van der Waals surface area (Å²) in [5.41, 5.74) is 0.767. The van der Waals surface area contributed by atoms with Gasteiger partial charge in [0.15, 0.2) is 6.29 Å². The largest absolute Gasteiger partial charge is 0.459 e. The van der Waals surface area contributed by atoms with E-state index in [1.807, 2.05) is 27.8 Å². The van der Waals surface area contributed by atoms with E-state index in [-0.39, 0.29) is 44.6 Å². The molecular formula is C43H78N2O13. The number of carbonyl (C=O) groups excluding carboxylic acids is 2. The van der Waals surface area contributed by atoms with E-state index in [0.717, 1.165) is 19.3 Å². The number of likely N-dealkylation sites (N-methyl/N-ethyl adjacent to an activating group) is 1. The van der Waals surface area contributed by atoms with E-state index in [9.17, 15) is 35.1 Å². The van der Waals surface area contributed by atoms with E-state index in [4.69, 9.17) is 34.2 Å². The number of aliphatic hydroxyl groups excluding tert-OH is 3. The maximum Gasteiger partial charge on any atom is 0.309 e. The van der Waals surface area contributed by atoms with Crippen LogP contribution >= 0.6 is 0 Å². The lowest BCUT2D eigenvalue weighted by Crippen LogP contribution is -2.63. The van der Waals surface area contributed by atoms with Crippen molar-refractivity contribution in [3.05, 3.63) is 0 Å². The van der Waals surface area contributed by atoms with Gasteiger partial charge >= 0.3 is 5.97 Å². The Labute approximate surface area is 346 Å². The molecular weight excluding hydrogens is 752 g/mol.